The van der Waals surface area contributed by atoms with Gasteiger partial charge in [-0.2, -0.15) is 10.2 Å². The number of aromatic amines is 1. The van der Waals surface area contributed by atoms with E-state index in [0.29, 0.717) is 22.3 Å². The highest BCUT2D eigenvalue weighted by Gasteiger charge is 2.54. The highest BCUT2D eigenvalue weighted by atomic mass is 16.1. The first-order chi connectivity index (χ1) is 16.0. The third-order valence-electron chi connectivity index (χ3n) is 7.35. The fraction of sp³-hybridized carbons (Fsp3) is 0.308. The van der Waals surface area contributed by atoms with Crippen LogP contribution in [0, 0.1) is 5.41 Å². The maximum atomic E-state index is 12.7. The zero-order valence-electron chi connectivity index (χ0n) is 18.4. The van der Waals surface area contributed by atoms with Crippen molar-refractivity contribution in [3.8, 4) is 11.1 Å². The highest BCUT2D eigenvalue weighted by molar-refractivity contribution is 5.95. The van der Waals surface area contributed by atoms with Crippen LogP contribution in [0.25, 0.3) is 21.9 Å². The normalized spacial score (nSPS) is 23.8. The van der Waals surface area contributed by atoms with Gasteiger partial charge in [-0.1, -0.05) is 30.3 Å². The Bertz CT molecular complexity index is 1400. The lowest BCUT2D eigenvalue weighted by atomic mass is 9.49. The van der Waals surface area contributed by atoms with E-state index in [2.05, 4.69) is 20.6 Å². The molecule has 2 aliphatic carbocycles. The summed E-state index contributed by atoms with van der Waals surface area (Å²) < 4.78 is 1.77. The van der Waals surface area contributed by atoms with Crippen LogP contribution in [0.1, 0.15) is 47.7 Å². The zero-order valence-corrected chi connectivity index (χ0v) is 18.4. The van der Waals surface area contributed by atoms with E-state index >= 15 is 0 Å². The number of nitrogens with one attached hydrogen (secondary N) is 2. The summed E-state index contributed by atoms with van der Waals surface area (Å²) in [5.41, 5.74) is 3.92. The first kappa shape index (κ1) is 19.9. The predicted octanol–water partition coefficient (Wildman–Crippen LogP) is 3.78. The van der Waals surface area contributed by atoms with Crippen LogP contribution >= 0.6 is 0 Å². The van der Waals surface area contributed by atoms with Crippen molar-refractivity contribution in [2.75, 3.05) is 0 Å². The van der Waals surface area contributed by atoms with Gasteiger partial charge in [0.15, 0.2) is 0 Å². The fourth-order valence-corrected chi connectivity index (χ4v) is 5.70. The van der Waals surface area contributed by atoms with Crippen LogP contribution in [0.5, 0.6) is 0 Å². The number of carbonyl (C=O) groups is 1. The summed E-state index contributed by atoms with van der Waals surface area (Å²) in [6.45, 7) is 0. The van der Waals surface area contributed by atoms with Crippen LogP contribution in [-0.4, -0.2) is 31.9 Å². The molecule has 2 aliphatic rings. The van der Waals surface area contributed by atoms with Gasteiger partial charge in [-0.15, -0.1) is 0 Å². The largest absolute Gasteiger partial charge is 0.349 e. The average Bonchev–Trinajstić information content (AvgIpc) is 3.22. The molecule has 2 heterocycles. The number of aromatic nitrogens is 4. The standard InChI is InChI=1S/C26H25N5O2/c1-31-15-19(14-27-31)16-6-8-17(9-7-16)24(32)28-20-12-26(13-20)10-18(11-26)23-21-4-2-3-5-22(21)25(33)30-29-23/h2-9,14-15,18,20H,10-13H2,1H3,(H,28,32)(H,30,33)/t18-,20-,26?. The summed E-state index contributed by atoms with van der Waals surface area (Å²) in [7, 11) is 1.89. The van der Waals surface area contributed by atoms with Crippen molar-refractivity contribution in [3.05, 3.63) is 82.5 Å². The Hall–Kier alpha value is -3.74. The molecule has 2 fully saturated rings. The number of amides is 1. The number of hydrogen-bond donors (Lipinski definition) is 2. The number of aryl methyl sites for hydroxylation is 1. The molecule has 7 heteroatoms. The summed E-state index contributed by atoms with van der Waals surface area (Å²) in [4.78, 5) is 24.8. The first-order valence-corrected chi connectivity index (χ1v) is 11.4. The number of benzene rings is 2. The Morgan fingerprint density at radius 3 is 2.45 bits per heavy atom. The van der Waals surface area contributed by atoms with Crippen LogP contribution in [0.2, 0.25) is 0 Å². The Morgan fingerprint density at radius 1 is 1.03 bits per heavy atom. The summed E-state index contributed by atoms with van der Waals surface area (Å²) in [5.74, 6) is 0.347. The molecule has 2 aromatic heterocycles. The van der Waals surface area contributed by atoms with Crippen molar-refractivity contribution in [3.63, 3.8) is 0 Å². The maximum Gasteiger partial charge on any atom is 0.272 e. The highest BCUT2D eigenvalue weighted by Crippen LogP contribution is 2.62. The molecule has 1 amide bonds. The summed E-state index contributed by atoms with van der Waals surface area (Å²) in [6.07, 6.45) is 7.90. The lowest BCUT2D eigenvalue weighted by Gasteiger charge is -2.57. The number of H-pyrrole nitrogens is 1. The van der Waals surface area contributed by atoms with Gasteiger partial charge >= 0.3 is 0 Å². The zero-order chi connectivity index (χ0) is 22.6. The molecule has 0 atom stereocenters. The van der Waals surface area contributed by atoms with Crippen LogP contribution in [0.15, 0.2) is 65.7 Å². The molecule has 2 aromatic carbocycles. The molecule has 0 saturated heterocycles. The lowest BCUT2D eigenvalue weighted by molar-refractivity contribution is -0.0196. The first-order valence-electron chi connectivity index (χ1n) is 11.4. The van der Waals surface area contributed by atoms with E-state index in [0.717, 1.165) is 47.9 Å². The third kappa shape index (κ3) is 3.44. The quantitative estimate of drug-likeness (QED) is 0.506. The minimum Gasteiger partial charge on any atom is -0.349 e. The molecule has 1 spiro atoms. The molecule has 6 rings (SSSR count). The fourth-order valence-electron chi connectivity index (χ4n) is 5.70. The minimum atomic E-state index is -0.136. The molecule has 0 aliphatic heterocycles. The average molecular weight is 440 g/mol. The molecule has 4 aromatic rings. The summed E-state index contributed by atoms with van der Waals surface area (Å²) in [6, 6.07) is 15.6. The van der Waals surface area contributed by atoms with Gasteiger partial charge in [0.2, 0.25) is 0 Å². The second-order valence-corrected chi connectivity index (χ2v) is 9.65. The van der Waals surface area contributed by atoms with E-state index in [1.165, 1.54) is 0 Å². The number of nitrogens with zero attached hydrogens (tertiary/aromatic N) is 3. The van der Waals surface area contributed by atoms with E-state index in [1.54, 1.807) is 4.68 Å². The smallest absolute Gasteiger partial charge is 0.272 e. The van der Waals surface area contributed by atoms with Gasteiger partial charge in [0.25, 0.3) is 11.5 Å². The molecular formula is C26H25N5O2. The van der Waals surface area contributed by atoms with Gasteiger partial charge < -0.3 is 5.32 Å². The SMILES string of the molecule is Cn1cc(-c2ccc(C(=O)N[C@H]3CC4(C3)C[C@H](c3n[nH]c(=O)c5ccccc53)C4)cc2)cn1. The topological polar surface area (TPSA) is 92.7 Å². The monoisotopic (exact) mass is 439 g/mol. The van der Waals surface area contributed by atoms with Crippen molar-refractivity contribution in [1.82, 2.24) is 25.3 Å². The van der Waals surface area contributed by atoms with E-state index < -0.39 is 0 Å². The predicted molar refractivity (Wildman–Crippen MR) is 126 cm³/mol. The molecule has 33 heavy (non-hydrogen) atoms. The Balaban J connectivity index is 1.06. The Kier molecular flexibility index (Phi) is 4.47. The van der Waals surface area contributed by atoms with E-state index in [9.17, 15) is 9.59 Å². The Morgan fingerprint density at radius 2 is 1.76 bits per heavy atom. The van der Waals surface area contributed by atoms with E-state index in [-0.39, 0.29) is 17.5 Å². The molecular weight excluding hydrogens is 414 g/mol. The maximum absolute atomic E-state index is 12.7. The van der Waals surface area contributed by atoms with Crippen molar-refractivity contribution in [2.24, 2.45) is 12.5 Å². The van der Waals surface area contributed by atoms with Gasteiger partial charge in [0.1, 0.15) is 0 Å². The lowest BCUT2D eigenvalue weighted by Crippen LogP contribution is -2.55. The number of fused-ring (bicyclic) bond motifs is 1. The van der Waals surface area contributed by atoms with Crippen molar-refractivity contribution < 1.29 is 4.79 Å². The molecule has 0 bridgehead atoms. The van der Waals surface area contributed by atoms with Crippen LogP contribution in [-0.2, 0) is 7.05 Å². The second-order valence-electron chi connectivity index (χ2n) is 9.65. The van der Waals surface area contributed by atoms with Gasteiger partial charge in [-0.25, -0.2) is 5.10 Å². The number of rotatable bonds is 4. The van der Waals surface area contributed by atoms with Crippen LogP contribution in [0.3, 0.4) is 0 Å². The second kappa shape index (κ2) is 7.40. The van der Waals surface area contributed by atoms with Gasteiger partial charge in [-0.3, -0.25) is 14.3 Å². The summed E-state index contributed by atoms with van der Waals surface area (Å²) >= 11 is 0. The molecule has 166 valence electrons. The third-order valence-corrected chi connectivity index (χ3v) is 7.35. The van der Waals surface area contributed by atoms with Crippen LogP contribution < -0.4 is 10.9 Å². The van der Waals surface area contributed by atoms with Crippen molar-refractivity contribution in [2.45, 2.75) is 37.6 Å². The molecule has 0 radical (unpaired) electrons. The summed E-state index contributed by atoms with van der Waals surface area (Å²) in [5, 5.41) is 16.1. The molecule has 0 unspecified atom stereocenters. The van der Waals surface area contributed by atoms with E-state index in [1.807, 2.05) is 68.0 Å². The van der Waals surface area contributed by atoms with Crippen molar-refractivity contribution >= 4 is 16.7 Å². The molecule has 7 nitrogen and oxygen atoms in total. The van der Waals surface area contributed by atoms with E-state index in [4.69, 9.17) is 0 Å². The van der Waals surface area contributed by atoms with Gasteiger partial charge in [-0.05, 0) is 54.9 Å². The van der Waals surface area contributed by atoms with Gasteiger partial charge in [0.05, 0.1) is 17.3 Å². The molecule has 2 saturated carbocycles. The van der Waals surface area contributed by atoms with Gasteiger partial charge in [0, 0.05) is 41.7 Å². The van der Waals surface area contributed by atoms with Crippen molar-refractivity contribution in [1.29, 1.82) is 0 Å². The number of hydrogen-bond acceptors (Lipinski definition) is 4. The molecule has 2 N–H and O–H groups in total. The minimum absolute atomic E-state index is 0.0169. The number of carbonyl (C=O) groups excluding carboxylic acids is 1. The Labute approximate surface area is 190 Å². The van der Waals surface area contributed by atoms with Crippen LogP contribution in [0.4, 0.5) is 0 Å².